The van der Waals surface area contributed by atoms with E-state index in [4.69, 9.17) is 4.74 Å². The van der Waals surface area contributed by atoms with Crippen molar-refractivity contribution in [1.29, 1.82) is 0 Å². The molecule has 0 aliphatic heterocycles. The molecule has 4 aliphatic rings. The van der Waals surface area contributed by atoms with Crippen LogP contribution in [0.1, 0.15) is 85.5 Å². The first-order valence-corrected chi connectivity index (χ1v) is 10.5. The fourth-order valence-electron chi connectivity index (χ4n) is 8.55. The summed E-state index contributed by atoms with van der Waals surface area (Å²) in [7, 11) is 0. The molecule has 3 heteroatoms. The van der Waals surface area contributed by atoms with Gasteiger partial charge in [0.15, 0.2) is 0 Å². The third-order valence-corrected chi connectivity index (χ3v) is 9.21. The van der Waals surface area contributed by atoms with Crippen molar-refractivity contribution in [2.24, 2.45) is 34.0 Å². The zero-order chi connectivity index (χ0) is 18.1. The van der Waals surface area contributed by atoms with Crippen LogP contribution in [-0.2, 0) is 9.53 Å². The maximum absolute atomic E-state index is 11.8. The van der Waals surface area contributed by atoms with Gasteiger partial charge in [0.2, 0.25) is 0 Å². The van der Waals surface area contributed by atoms with Gasteiger partial charge in [-0.2, -0.15) is 0 Å². The summed E-state index contributed by atoms with van der Waals surface area (Å²) < 4.78 is 5.83. The highest BCUT2D eigenvalue weighted by atomic mass is 16.6. The molecule has 6 atom stereocenters. The largest absolute Gasteiger partial charge is 0.456 e. The van der Waals surface area contributed by atoms with Crippen LogP contribution in [0.2, 0.25) is 0 Å². The highest BCUT2D eigenvalue weighted by Gasteiger charge is 2.68. The Morgan fingerprint density at radius 1 is 1.08 bits per heavy atom. The molecule has 0 radical (unpaired) electrons. The minimum absolute atomic E-state index is 0.00263. The number of hydrogen-bond acceptors (Lipinski definition) is 3. The Bertz CT molecular complexity index is 570. The maximum atomic E-state index is 11.8. The third-order valence-electron chi connectivity index (χ3n) is 9.21. The summed E-state index contributed by atoms with van der Waals surface area (Å²) >= 11 is 0. The number of hydrogen-bond donors (Lipinski definition) is 1. The topological polar surface area (TPSA) is 46.5 Å². The number of fused-ring (bicyclic) bond motifs is 3. The van der Waals surface area contributed by atoms with Crippen molar-refractivity contribution < 1.29 is 14.6 Å². The first-order chi connectivity index (χ1) is 11.7. The Labute approximate surface area is 152 Å². The van der Waals surface area contributed by atoms with Crippen LogP contribution in [0, 0.1) is 34.0 Å². The highest BCUT2D eigenvalue weighted by molar-refractivity contribution is 5.66. The van der Waals surface area contributed by atoms with Gasteiger partial charge in [-0.05, 0) is 79.4 Å². The second kappa shape index (κ2) is 5.47. The van der Waals surface area contributed by atoms with E-state index in [2.05, 4.69) is 20.8 Å². The minimum atomic E-state index is -0.603. The monoisotopic (exact) mass is 348 g/mol. The lowest BCUT2D eigenvalue weighted by Crippen LogP contribution is -2.55. The molecule has 4 saturated carbocycles. The van der Waals surface area contributed by atoms with Crippen molar-refractivity contribution in [1.82, 2.24) is 0 Å². The van der Waals surface area contributed by atoms with Crippen LogP contribution < -0.4 is 0 Å². The highest BCUT2D eigenvalue weighted by Crippen LogP contribution is 2.73. The van der Waals surface area contributed by atoms with Crippen LogP contribution in [-0.4, -0.2) is 23.3 Å². The number of carbonyl (C=O) groups excluding carboxylic acids is 1. The van der Waals surface area contributed by atoms with Crippen molar-refractivity contribution in [2.75, 3.05) is 6.61 Å². The lowest BCUT2D eigenvalue weighted by molar-refractivity contribution is -0.168. The summed E-state index contributed by atoms with van der Waals surface area (Å²) in [6.45, 7) is 9.05. The van der Waals surface area contributed by atoms with E-state index in [0.29, 0.717) is 22.2 Å². The van der Waals surface area contributed by atoms with E-state index >= 15 is 0 Å². The summed E-state index contributed by atoms with van der Waals surface area (Å²) in [6.07, 6.45) is 11.1. The fraction of sp³-hybridized carbons (Fsp3) is 0.955. The van der Waals surface area contributed by atoms with Gasteiger partial charge in [0, 0.05) is 12.8 Å². The van der Waals surface area contributed by atoms with Crippen molar-refractivity contribution in [3.8, 4) is 0 Å². The summed E-state index contributed by atoms with van der Waals surface area (Å²) in [4.78, 5) is 11.8. The number of aliphatic hydroxyl groups is 1. The van der Waals surface area contributed by atoms with Crippen LogP contribution in [0.25, 0.3) is 0 Å². The van der Waals surface area contributed by atoms with Crippen molar-refractivity contribution >= 4 is 5.97 Å². The first kappa shape index (κ1) is 17.8. The number of rotatable bonds is 2. The second-order valence-electron chi connectivity index (χ2n) is 10.8. The summed E-state index contributed by atoms with van der Waals surface area (Å²) in [6, 6.07) is 0. The molecule has 2 bridgehead atoms. The van der Waals surface area contributed by atoms with Gasteiger partial charge in [-0.3, -0.25) is 4.79 Å². The summed E-state index contributed by atoms with van der Waals surface area (Å²) in [5, 5.41) is 10.2. The van der Waals surface area contributed by atoms with Gasteiger partial charge >= 0.3 is 5.97 Å². The van der Waals surface area contributed by atoms with Gasteiger partial charge in [-0.1, -0.05) is 27.2 Å². The van der Waals surface area contributed by atoms with Crippen molar-refractivity contribution in [3.05, 3.63) is 0 Å². The normalized spacial score (nSPS) is 50.7. The molecular formula is C22H36O3. The van der Waals surface area contributed by atoms with Gasteiger partial charge in [-0.15, -0.1) is 0 Å². The fourth-order valence-corrected chi connectivity index (χ4v) is 8.55. The molecule has 4 aliphatic carbocycles. The summed E-state index contributed by atoms with van der Waals surface area (Å²) in [5.74, 6) is 1.68. The SMILES string of the molecule is CC(=O)OC1(CO)CC23CCC4C(C)(C)CCCC4(C)C2CCC1C3. The molecule has 4 fully saturated rings. The minimum Gasteiger partial charge on any atom is -0.456 e. The Hall–Kier alpha value is -0.570. The molecule has 1 N–H and O–H groups in total. The van der Waals surface area contributed by atoms with E-state index in [0.717, 1.165) is 31.1 Å². The quantitative estimate of drug-likeness (QED) is 0.735. The zero-order valence-corrected chi connectivity index (χ0v) is 16.6. The number of aliphatic hydroxyl groups excluding tert-OH is 1. The van der Waals surface area contributed by atoms with E-state index in [1.165, 1.54) is 45.4 Å². The van der Waals surface area contributed by atoms with Crippen LogP contribution in [0.5, 0.6) is 0 Å². The first-order valence-electron chi connectivity index (χ1n) is 10.5. The molecule has 142 valence electrons. The third kappa shape index (κ3) is 2.37. The molecule has 0 amide bonds. The average molecular weight is 349 g/mol. The van der Waals surface area contributed by atoms with Gasteiger partial charge in [0.05, 0.1) is 6.61 Å². The van der Waals surface area contributed by atoms with Crippen LogP contribution >= 0.6 is 0 Å². The van der Waals surface area contributed by atoms with Crippen LogP contribution in [0.3, 0.4) is 0 Å². The Kier molecular flexibility index (Phi) is 3.90. The number of esters is 1. The lowest BCUT2D eigenvalue weighted by atomic mass is 9.41. The molecule has 0 aromatic carbocycles. The molecule has 0 aromatic heterocycles. The van der Waals surface area contributed by atoms with E-state index < -0.39 is 5.60 Å². The van der Waals surface area contributed by atoms with Gasteiger partial charge in [-0.25, -0.2) is 0 Å². The molecule has 3 nitrogen and oxygen atoms in total. The van der Waals surface area contributed by atoms with Gasteiger partial charge in [0.1, 0.15) is 5.60 Å². The van der Waals surface area contributed by atoms with Crippen LogP contribution in [0.15, 0.2) is 0 Å². The number of carbonyl (C=O) groups is 1. The summed E-state index contributed by atoms with van der Waals surface area (Å²) in [5.41, 5.74) is 0.564. The van der Waals surface area contributed by atoms with Gasteiger partial charge < -0.3 is 9.84 Å². The zero-order valence-electron chi connectivity index (χ0n) is 16.6. The smallest absolute Gasteiger partial charge is 0.303 e. The van der Waals surface area contributed by atoms with E-state index in [-0.39, 0.29) is 12.6 Å². The van der Waals surface area contributed by atoms with E-state index in [1.54, 1.807) is 0 Å². The second-order valence-corrected chi connectivity index (χ2v) is 10.8. The van der Waals surface area contributed by atoms with E-state index in [9.17, 15) is 9.90 Å². The van der Waals surface area contributed by atoms with Crippen molar-refractivity contribution in [2.45, 2.75) is 91.1 Å². The standard InChI is InChI=1S/C22H36O3/c1-15(24)25-22(14-23)13-21-11-8-17-19(2,3)9-5-10-20(17,4)18(21)7-6-16(22)12-21/h16-18,23H,5-14H2,1-4H3. The molecule has 25 heavy (non-hydrogen) atoms. The van der Waals surface area contributed by atoms with Crippen molar-refractivity contribution in [3.63, 3.8) is 0 Å². The maximum Gasteiger partial charge on any atom is 0.303 e. The molecule has 0 saturated heterocycles. The predicted molar refractivity (Wildman–Crippen MR) is 97.9 cm³/mol. The molecule has 0 heterocycles. The number of ether oxygens (including phenoxy) is 1. The average Bonchev–Trinajstić information content (AvgIpc) is 2.73. The Balaban J connectivity index is 1.70. The van der Waals surface area contributed by atoms with E-state index in [1.807, 2.05) is 0 Å². The van der Waals surface area contributed by atoms with Crippen LogP contribution in [0.4, 0.5) is 0 Å². The molecular weight excluding hydrogens is 312 g/mol. The predicted octanol–water partition coefficient (Wildman–Crippen LogP) is 4.71. The molecule has 4 rings (SSSR count). The molecule has 1 spiro atoms. The Morgan fingerprint density at radius 2 is 1.84 bits per heavy atom. The lowest BCUT2D eigenvalue weighted by Gasteiger charge is -2.63. The Morgan fingerprint density at radius 3 is 2.52 bits per heavy atom. The molecule has 0 aromatic rings. The molecule has 6 unspecified atom stereocenters. The van der Waals surface area contributed by atoms with Gasteiger partial charge in [0.25, 0.3) is 0 Å².